The number of amides is 2. The smallest absolute Gasteiger partial charge is 0.223 e. The molecule has 1 aromatic carbocycles. The van der Waals surface area contributed by atoms with Crippen LogP contribution in [0.5, 0.6) is 0 Å². The molecule has 1 aromatic heterocycles. The van der Waals surface area contributed by atoms with E-state index in [0.29, 0.717) is 19.6 Å². The SMILES string of the molecule is CC(=O)N1CCC(C(=O)NCc2cc(C)cc3c(C)c(C)[nH]c23)CC1. The first-order valence-corrected chi connectivity index (χ1v) is 8.98. The average molecular weight is 341 g/mol. The summed E-state index contributed by atoms with van der Waals surface area (Å²) in [5.74, 6) is 0.194. The number of rotatable bonds is 3. The van der Waals surface area contributed by atoms with Crippen molar-refractivity contribution in [2.24, 2.45) is 5.92 Å². The molecule has 1 aliphatic heterocycles. The number of benzene rings is 1. The number of aromatic nitrogens is 1. The van der Waals surface area contributed by atoms with E-state index in [9.17, 15) is 9.59 Å². The molecule has 5 nitrogen and oxygen atoms in total. The molecule has 0 bridgehead atoms. The Labute approximate surface area is 148 Å². The van der Waals surface area contributed by atoms with Gasteiger partial charge in [-0.05, 0) is 50.8 Å². The number of hydrogen-bond donors (Lipinski definition) is 2. The zero-order valence-corrected chi connectivity index (χ0v) is 15.5. The number of carbonyl (C=O) groups excluding carboxylic acids is 2. The minimum atomic E-state index is 0.00279. The lowest BCUT2D eigenvalue weighted by atomic mass is 9.95. The molecule has 1 aliphatic rings. The largest absolute Gasteiger partial charge is 0.358 e. The van der Waals surface area contributed by atoms with Gasteiger partial charge >= 0.3 is 0 Å². The van der Waals surface area contributed by atoms with Crippen LogP contribution >= 0.6 is 0 Å². The summed E-state index contributed by atoms with van der Waals surface area (Å²) in [6.07, 6.45) is 1.49. The number of nitrogens with one attached hydrogen (secondary N) is 2. The van der Waals surface area contributed by atoms with Gasteiger partial charge in [0.1, 0.15) is 0 Å². The second-order valence-electron chi connectivity index (χ2n) is 7.22. The van der Waals surface area contributed by atoms with Crippen molar-refractivity contribution in [3.8, 4) is 0 Å². The quantitative estimate of drug-likeness (QED) is 0.901. The molecule has 134 valence electrons. The van der Waals surface area contributed by atoms with Gasteiger partial charge in [0.25, 0.3) is 0 Å². The topological polar surface area (TPSA) is 65.2 Å². The highest BCUT2D eigenvalue weighted by Crippen LogP contribution is 2.26. The Morgan fingerprint density at radius 3 is 2.52 bits per heavy atom. The Kier molecular flexibility index (Phi) is 4.84. The second kappa shape index (κ2) is 6.90. The van der Waals surface area contributed by atoms with Crippen molar-refractivity contribution in [3.63, 3.8) is 0 Å². The van der Waals surface area contributed by atoms with Crippen LogP contribution in [0.4, 0.5) is 0 Å². The summed E-state index contributed by atoms with van der Waals surface area (Å²) in [5.41, 5.74) is 5.88. The maximum absolute atomic E-state index is 12.5. The molecular weight excluding hydrogens is 314 g/mol. The summed E-state index contributed by atoms with van der Waals surface area (Å²) < 4.78 is 0. The number of H-pyrrole nitrogens is 1. The van der Waals surface area contributed by atoms with Crippen LogP contribution < -0.4 is 5.32 Å². The van der Waals surface area contributed by atoms with E-state index < -0.39 is 0 Å². The molecule has 2 amide bonds. The molecule has 0 unspecified atom stereocenters. The number of carbonyl (C=O) groups is 2. The summed E-state index contributed by atoms with van der Waals surface area (Å²) in [4.78, 5) is 29.2. The fourth-order valence-corrected chi connectivity index (χ4v) is 3.71. The molecule has 0 atom stereocenters. The first kappa shape index (κ1) is 17.5. The van der Waals surface area contributed by atoms with Crippen LogP contribution in [0.1, 0.15) is 42.1 Å². The molecule has 0 saturated carbocycles. The van der Waals surface area contributed by atoms with Crippen molar-refractivity contribution in [1.29, 1.82) is 0 Å². The van der Waals surface area contributed by atoms with Crippen LogP contribution in [-0.2, 0) is 16.1 Å². The van der Waals surface area contributed by atoms with Crippen molar-refractivity contribution in [1.82, 2.24) is 15.2 Å². The molecule has 3 rings (SSSR count). The summed E-state index contributed by atoms with van der Waals surface area (Å²) in [6.45, 7) is 9.76. The van der Waals surface area contributed by atoms with E-state index >= 15 is 0 Å². The third-order valence-corrected chi connectivity index (χ3v) is 5.41. The lowest BCUT2D eigenvalue weighted by Crippen LogP contribution is -2.42. The third-order valence-electron chi connectivity index (χ3n) is 5.41. The van der Waals surface area contributed by atoms with E-state index in [1.165, 1.54) is 22.2 Å². The first-order chi connectivity index (χ1) is 11.9. The number of likely N-dealkylation sites (tertiary alicyclic amines) is 1. The average Bonchev–Trinajstić information content (AvgIpc) is 2.87. The van der Waals surface area contributed by atoms with E-state index in [1.807, 2.05) is 4.90 Å². The molecule has 1 saturated heterocycles. The lowest BCUT2D eigenvalue weighted by molar-refractivity contribution is -0.134. The molecule has 2 N–H and O–H groups in total. The molecule has 2 heterocycles. The van der Waals surface area contributed by atoms with Crippen LogP contribution in [0.3, 0.4) is 0 Å². The van der Waals surface area contributed by atoms with Crippen molar-refractivity contribution < 1.29 is 9.59 Å². The van der Waals surface area contributed by atoms with Gasteiger partial charge in [-0.25, -0.2) is 0 Å². The van der Waals surface area contributed by atoms with E-state index in [0.717, 1.165) is 23.9 Å². The zero-order chi connectivity index (χ0) is 18.1. The lowest BCUT2D eigenvalue weighted by Gasteiger charge is -2.30. The minimum absolute atomic E-state index is 0.00279. The predicted molar refractivity (Wildman–Crippen MR) is 99.3 cm³/mol. The number of nitrogens with zero attached hydrogens (tertiary/aromatic N) is 1. The third kappa shape index (κ3) is 3.55. The van der Waals surface area contributed by atoms with E-state index in [2.05, 4.69) is 43.2 Å². The molecule has 0 radical (unpaired) electrons. The normalized spacial score (nSPS) is 15.6. The monoisotopic (exact) mass is 341 g/mol. The van der Waals surface area contributed by atoms with Crippen molar-refractivity contribution in [2.45, 2.75) is 47.1 Å². The van der Waals surface area contributed by atoms with Crippen LogP contribution in [0, 0.1) is 26.7 Å². The van der Waals surface area contributed by atoms with Gasteiger partial charge in [-0.2, -0.15) is 0 Å². The maximum Gasteiger partial charge on any atom is 0.223 e. The molecule has 0 aliphatic carbocycles. The first-order valence-electron chi connectivity index (χ1n) is 8.98. The van der Waals surface area contributed by atoms with Gasteiger partial charge in [-0.15, -0.1) is 0 Å². The van der Waals surface area contributed by atoms with E-state index in [-0.39, 0.29) is 17.7 Å². The maximum atomic E-state index is 12.5. The summed E-state index contributed by atoms with van der Waals surface area (Å²) in [7, 11) is 0. The van der Waals surface area contributed by atoms with Gasteiger partial charge < -0.3 is 15.2 Å². The Balaban J connectivity index is 1.68. The van der Waals surface area contributed by atoms with Gasteiger partial charge in [0.05, 0.1) is 5.52 Å². The summed E-state index contributed by atoms with van der Waals surface area (Å²) in [5, 5.41) is 4.33. The Morgan fingerprint density at radius 1 is 1.20 bits per heavy atom. The van der Waals surface area contributed by atoms with Gasteiger partial charge in [-0.1, -0.05) is 11.6 Å². The highest BCUT2D eigenvalue weighted by molar-refractivity contribution is 5.88. The Morgan fingerprint density at radius 2 is 1.88 bits per heavy atom. The number of aryl methyl sites for hydroxylation is 3. The molecule has 5 heteroatoms. The molecular formula is C20H27N3O2. The van der Waals surface area contributed by atoms with Gasteiger partial charge in [0.15, 0.2) is 0 Å². The van der Waals surface area contributed by atoms with Crippen molar-refractivity contribution in [2.75, 3.05) is 13.1 Å². The van der Waals surface area contributed by atoms with Crippen molar-refractivity contribution in [3.05, 3.63) is 34.5 Å². The van der Waals surface area contributed by atoms with Crippen molar-refractivity contribution >= 4 is 22.7 Å². The zero-order valence-electron chi connectivity index (χ0n) is 15.5. The summed E-state index contributed by atoms with van der Waals surface area (Å²) >= 11 is 0. The standard InChI is InChI=1S/C20H27N3O2/c1-12-9-17(19-18(10-12)13(2)14(3)22-19)11-21-20(25)16-5-7-23(8-6-16)15(4)24/h9-10,16,22H,5-8,11H2,1-4H3,(H,21,25). The van der Waals surface area contributed by atoms with Crippen LogP contribution in [-0.4, -0.2) is 34.8 Å². The Bertz CT molecular complexity index is 814. The molecule has 1 fully saturated rings. The highest BCUT2D eigenvalue weighted by atomic mass is 16.2. The van der Waals surface area contributed by atoms with E-state index in [4.69, 9.17) is 0 Å². The highest BCUT2D eigenvalue weighted by Gasteiger charge is 2.25. The minimum Gasteiger partial charge on any atom is -0.358 e. The van der Waals surface area contributed by atoms with Gasteiger partial charge in [-0.3, -0.25) is 9.59 Å². The molecule has 25 heavy (non-hydrogen) atoms. The van der Waals surface area contributed by atoms with Crippen LogP contribution in [0.15, 0.2) is 12.1 Å². The molecule has 2 aromatic rings. The number of fused-ring (bicyclic) bond motifs is 1. The Hall–Kier alpha value is -2.30. The predicted octanol–water partition coefficient (Wildman–Crippen LogP) is 2.97. The van der Waals surface area contributed by atoms with Gasteiger partial charge in [0, 0.05) is 43.6 Å². The van der Waals surface area contributed by atoms with Gasteiger partial charge in [0.2, 0.25) is 11.8 Å². The number of hydrogen-bond acceptors (Lipinski definition) is 2. The van der Waals surface area contributed by atoms with Crippen LogP contribution in [0.25, 0.3) is 10.9 Å². The second-order valence-corrected chi connectivity index (χ2v) is 7.22. The molecule has 0 spiro atoms. The fraction of sp³-hybridized carbons (Fsp3) is 0.500. The number of piperidine rings is 1. The van der Waals surface area contributed by atoms with Crippen LogP contribution in [0.2, 0.25) is 0 Å². The fourth-order valence-electron chi connectivity index (χ4n) is 3.71. The summed E-state index contributed by atoms with van der Waals surface area (Å²) in [6, 6.07) is 4.33. The number of aromatic amines is 1. The van der Waals surface area contributed by atoms with E-state index in [1.54, 1.807) is 6.92 Å².